The molecular weight excluding hydrogens is 350 g/mol. The summed E-state index contributed by atoms with van der Waals surface area (Å²) in [5, 5.41) is 0.199. The Hall–Kier alpha value is -1.96. The molecule has 1 saturated heterocycles. The highest BCUT2D eigenvalue weighted by molar-refractivity contribution is 7.89. The van der Waals surface area contributed by atoms with Gasteiger partial charge in [-0.25, -0.2) is 8.42 Å². The summed E-state index contributed by atoms with van der Waals surface area (Å²) in [6.45, 7) is 1.09. The minimum atomic E-state index is -3.66. The van der Waals surface area contributed by atoms with E-state index in [4.69, 9.17) is 11.6 Å². The number of rotatable bonds is 3. The number of hydrogen-bond acceptors (Lipinski definition) is 4. The van der Waals surface area contributed by atoms with Gasteiger partial charge < -0.3 is 4.90 Å². The van der Waals surface area contributed by atoms with Gasteiger partial charge in [-0.05, 0) is 24.3 Å². The average molecular weight is 366 g/mol. The van der Waals surface area contributed by atoms with Gasteiger partial charge in [-0.1, -0.05) is 29.8 Å². The monoisotopic (exact) mass is 365 g/mol. The Kier molecular flexibility index (Phi) is 4.84. The molecule has 1 amide bonds. The van der Waals surface area contributed by atoms with E-state index < -0.39 is 10.0 Å². The van der Waals surface area contributed by atoms with Crippen molar-refractivity contribution in [3.05, 3.63) is 59.4 Å². The number of benzene rings is 1. The van der Waals surface area contributed by atoms with Crippen LogP contribution in [-0.4, -0.2) is 54.7 Å². The molecule has 0 spiro atoms. The number of aromatic nitrogens is 1. The molecular formula is C16H16ClN3O3S. The largest absolute Gasteiger partial charge is 0.335 e. The smallest absolute Gasteiger partial charge is 0.272 e. The van der Waals surface area contributed by atoms with E-state index in [0.29, 0.717) is 18.8 Å². The van der Waals surface area contributed by atoms with Gasteiger partial charge in [0.15, 0.2) is 0 Å². The first kappa shape index (κ1) is 16.9. The minimum Gasteiger partial charge on any atom is -0.335 e. The van der Waals surface area contributed by atoms with Crippen molar-refractivity contribution in [2.24, 2.45) is 0 Å². The topological polar surface area (TPSA) is 70.6 Å². The fraction of sp³-hybridized carbons (Fsp3) is 0.250. The molecule has 24 heavy (non-hydrogen) atoms. The molecule has 3 rings (SSSR count). The maximum absolute atomic E-state index is 12.7. The van der Waals surface area contributed by atoms with Gasteiger partial charge in [0, 0.05) is 32.4 Å². The number of amides is 1. The van der Waals surface area contributed by atoms with Crippen LogP contribution in [0.4, 0.5) is 0 Å². The number of piperazine rings is 1. The highest BCUT2D eigenvalue weighted by Gasteiger charge is 2.31. The quantitative estimate of drug-likeness (QED) is 0.832. The first-order valence-electron chi connectivity index (χ1n) is 7.45. The number of halogens is 1. The lowest BCUT2D eigenvalue weighted by atomic mass is 10.3. The van der Waals surface area contributed by atoms with Crippen LogP contribution in [-0.2, 0) is 10.0 Å². The maximum atomic E-state index is 12.7. The van der Waals surface area contributed by atoms with Crippen molar-refractivity contribution < 1.29 is 13.2 Å². The zero-order valence-electron chi connectivity index (χ0n) is 12.8. The van der Waals surface area contributed by atoms with E-state index in [0.717, 1.165) is 0 Å². The van der Waals surface area contributed by atoms with Crippen molar-refractivity contribution in [1.29, 1.82) is 0 Å². The summed E-state index contributed by atoms with van der Waals surface area (Å²) in [6, 6.07) is 11.5. The lowest BCUT2D eigenvalue weighted by Crippen LogP contribution is -2.50. The predicted octanol–water partition coefficient (Wildman–Crippen LogP) is 1.88. The molecule has 1 aliphatic heterocycles. The summed E-state index contributed by atoms with van der Waals surface area (Å²) < 4.78 is 26.7. The first-order valence-corrected chi connectivity index (χ1v) is 9.27. The second-order valence-electron chi connectivity index (χ2n) is 5.34. The summed E-state index contributed by atoms with van der Waals surface area (Å²) in [7, 11) is -3.66. The molecule has 0 N–H and O–H groups in total. The van der Waals surface area contributed by atoms with Crippen molar-refractivity contribution in [3.8, 4) is 0 Å². The predicted molar refractivity (Wildman–Crippen MR) is 90.4 cm³/mol. The van der Waals surface area contributed by atoms with Crippen LogP contribution in [0, 0.1) is 0 Å². The van der Waals surface area contributed by atoms with Crippen LogP contribution >= 0.6 is 11.6 Å². The van der Waals surface area contributed by atoms with Crippen LogP contribution in [0.25, 0.3) is 0 Å². The standard InChI is InChI=1S/C16H16ClN3O3S/c17-13-5-1-2-7-15(13)24(22,23)20-11-9-19(10-12-20)16(21)14-6-3-4-8-18-14/h1-8H,9-12H2. The number of carbonyl (C=O) groups is 1. The molecule has 126 valence electrons. The Balaban J connectivity index is 1.71. The van der Waals surface area contributed by atoms with Crippen LogP contribution in [0.1, 0.15) is 10.5 Å². The molecule has 2 aromatic rings. The SMILES string of the molecule is O=C(c1ccccn1)N1CCN(S(=O)(=O)c2ccccc2Cl)CC1. The number of carbonyl (C=O) groups excluding carboxylic acids is 1. The third-order valence-electron chi connectivity index (χ3n) is 3.86. The van der Waals surface area contributed by atoms with Crippen molar-refractivity contribution >= 4 is 27.5 Å². The lowest BCUT2D eigenvalue weighted by molar-refractivity contribution is 0.0692. The van der Waals surface area contributed by atoms with E-state index in [1.165, 1.54) is 10.4 Å². The fourth-order valence-corrected chi connectivity index (χ4v) is 4.49. The molecule has 2 heterocycles. The number of nitrogens with zero attached hydrogens (tertiary/aromatic N) is 3. The molecule has 1 aromatic carbocycles. The molecule has 0 unspecified atom stereocenters. The molecule has 1 aliphatic rings. The van der Waals surface area contributed by atoms with E-state index in [1.54, 1.807) is 47.5 Å². The van der Waals surface area contributed by atoms with Crippen LogP contribution < -0.4 is 0 Å². The second-order valence-corrected chi connectivity index (χ2v) is 7.66. The zero-order chi connectivity index (χ0) is 17.2. The highest BCUT2D eigenvalue weighted by Crippen LogP contribution is 2.25. The van der Waals surface area contributed by atoms with Gasteiger partial charge in [0.25, 0.3) is 5.91 Å². The van der Waals surface area contributed by atoms with E-state index in [9.17, 15) is 13.2 Å². The van der Waals surface area contributed by atoms with Crippen LogP contribution in [0.15, 0.2) is 53.6 Å². The number of pyridine rings is 1. The van der Waals surface area contributed by atoms with Gasteiger partial charge in [-0.15, -0.1) is 0 Å². The molecule has 1 fully saturated rings. The molecule has 0 bridgehead atoms. The number of hydrogen-bond donors (Lipinski definition) is 0. The summed E-state index contributed by atoms with van der Waals surface area (Å²) in [4.78, 5) is 18.1. The van der Waals surface area contributed by atoms with Gasteiger partial charge in [0.2, 0.25) is 10.0 Å². The van der Waals surface area contributed by atoms with Crippen LogP contribution in [0.5, 0.6) is 0 Å². The minimum absolute atomic E-state index is 0.0937. The summed E-state index contributed by atoms with van der Waals surface area (Å²) in [5.74, 6) is -0.189. The Bertz CT molecular complexity index is 835. The second kappa shape index (κ2) is 6.88. The molecule has 1 aromatic heterocycles. The van der Waals surface area contributed by atoms with E-state index >= 15 is 0 Å². The zero-order valence-corrected chi connectivity index (χ0v) is 14.4. The summed E-state index contributed by atoms with van der Waals surface area (Å²) >= 11 is 6.01. The average Bonchev–Trinajstić information content (AvgIpc) is 2.62. The van der Waals surface area contributed by atoms with Gasteiger partial charge >= 0.3 is 0 Å². The fourth-order valence-electron chi connectivity index (χ4n) is 2.58. The molecule has 0 aliphatic carbocycles. The highest BCUT2D eigenvalue weighted by atomic mass is 35.5. The van der Waals surface area contributed by atoms with E-state index in [1.807, 2.05) is 0 Å². The molecule has 8 heteroatoms. The molecule has 6 nitrogen and oxygen atoms in total. The Morgan fingerprint density at radius 3 is 2.29 bits per heavy atom. The molecule has 0 radical (unpaired) electrons. The van der Waals surface area contributed by atoms with Crippen molar-refractivity contribution in [3.63, 3.8) is 0 Å². The Morgan fingerprint density at radius 1 is 1.00 bits per heavy atom. The lowest BCUT2D eigenvalue weighted by Gasteiger charge is -2.33. The van der Waals surface area contributed by atoms with Crippen molar-refractivity contribution in [2.45, 2.75) is 4.90 Å². The third-order valence-corrected chi connectivity index (χ3v) is 6.26. The third kappa shape index (κ3) is 3.28. The summed E-state index contributed by atoms with van der Waals surface area (Å²) in [6.07, 6.45) is 1.56. The first-order chi connectivity index (χ1) is 11.5. The molecule has 0 atom stereocenters. The van der Waals surface area contributed by atoms with E-state index in [2.05, 4.69) is 4.98 Å². The van der Waals surface area contributed by atoms with Crippen molar-refractivity contribution in [2.75, 3.05) is 26.2 Å². The van der Waals surface area contributed by atoms with E-state index in [-0.39, 0.29) is 28.9 Å². The van der Waals surface area contributed by atoms with Crippen LogP contribution in [0.2, 0.25) is 5.02 Å². The van der Waals surface area contributed by atoms with Crippen LogP contribution in [0.3, 0.4) is 0 Å². The molecule has 0 saturated carbocycles. The van der Waals surface area contributed by atoms with Gasteiger partial charge in [0.05, 0.1) is 5.02 Å². The van der Waals surface area contributed by atoms with Crippen molar-refractivity contribution in [1.82, 2.24) is 14.2 Å². The Morgan fingerprint density at radius 2 is 1.67 bits per heavy atom. The number of sulfonamides is 1. The van der Waals surface area contributed by atoms with Gasteiger partial charge in [-0.3, -0.25) is 9.78 Å². The summed E-state index contributed by atoms with van der Waals surface area (Å²) in [5.41, 5.74) is 0.361. The Labute approximate surface area is 145 Å². The van der Waals surface area contributed by atoms with Gasteiger partial charge in [-0.2, -0.15) is 4.31 Å². The normalized spacial score (nSPS) is 16.1. The maximum Gasteiger partial charge on any atom is 0.272 e. The van der Waals surface area contributed by atoms with Gasteiger partial charge in [0.1, 0.15) is 10.6 Å².